The van der Waals surface area contributed by atoms with Crippen molar-refractivity contribution in [2.75, 3.05) is 0 Å². The molecule has 0 aliphatic carbocycles. The number of nitrogens with zero attached hydrogens (tertiary/aromatic N) is 2. The summed E-state index contributed by atoms with van der Waals surface area (Å²) >= 11 is 4.91. The standard InChI is InChI=1S/C18H26N2OS3/c1-12(2)22-18(23-13(3)4)16(15-10-8-7-9-11-15)19-20(17(18)21)24-14(5)6/h7-14H,1-6H3. The van der Waals surface area contributed by atoms with Crippen LogP contribution in [0.5, 0.6) is 0 Å². The minimum absolute atomic E-state index is 0.0810. The van der Waals surface area contributed by atoms with Gasteiger partial charge in [-0.2, -0.15) is 9.52 Å². The summed E-state index contributed by atoms with van der Waals surface area (Å²) in [5, 5.41) is 5.73. The SMILES string of the molecule is CC(C)SN1N=C(c2ccccc2)C(SC(C)C)(SC(C)C)C1=O. The normalized spacial score (nSPS) is 17.3. The first-order valence-corrected chi connectivity index (χ1v) is 10.9. The van der Waals surface area contributed by atoms with E-state index < -0.39 is 4.08 Å². The molecular formula is C18H26N2OS3. The van der Waals surface area contributed by atoms with Gasteiger partial charge >= 0.3 is 0 Å². The number of carbonyl (C=O) groups is 1. The maximum absolute atomic E-state index is 13.4. The molecule has 1 aromatic carbocycles. The number of carbonyl (C=O) groups excluding carboxylic acids is 1. The van der Waals surface area contributed by atoms with E-state index in [9.17, 15) is 4.79 Å². The number of rotatable bonds is 7. The molecule has 24 heavy (non-hydrogen) atoms. The van der Waals surface area contributed by atoms with Crippen LogP contribution in [0.4, 0.5) is 0 Å². The summed E-state index contributed by atoms with van der Waals surface area (Å²) in [4.78, 5) is 13.4. The number of thioether (sulfide) groups is 2. The Labute approximate surface area is 158 Å². The van der Waals surface area contributed by atoms with Gasteiger partial charge in [-0.05, 0) is 11.9 Å². The summed E-state index contributed by atoms with van der Waals surface area (Å²) < 4.78 is 0.934. The fraction of sp³-hybridized carbons (Fsp3) is 0.556. The van der Waals surface area contributed by atoms with E-state index in [-0.39, 0.29) is 5.91 Å². The van der Waals surface area contributed by atoms with Crippen LogP contribution in [0.2, 0.25) is 0 Å². The number of hydrogen-bond donors (Lipinski definition) is 0. The van der Waals surface area contributed by atoms with Gasteiger partial charge in [0, 0.05) is 21.3 Å². The van der Waals surface area contributed by atoms with Crippen molar-refractivity contribution < 1.29 is 4.79 Å². The van der Waals surface area contributed by atoms with E-state index in [1.807, 2.05) is 30.3 Å². The molecular weight excluding hydrogens is 356 g/mol. The van der Waals surface area contributed by atoms with E-state index in [0.717, 1.165) is 11.3 Å². The highest BCUT2D eigenvalue weighted by molar-refractivity contribution is 8.21. The molecule has 0 N–H and O–H groups in total. The van der Waals surface area contributed by atoms with Crippen LogP contribution < -0.4 is 0 Å². The molecule has 1 aliphatic heterocycles. The second kappa shape index (κ2) is 8.19. The first-order chi connectivity index (χ1) is 11.3. The Morgan fingerprint density at radius 3 is 1.92 bits per heavy atom. The summed E-state index contributed by atoms with van der Waals surface area (Å²) in [6.07, 6.45) is 0. The van der Waals surface area contributed by atoms with Crippen molar-refractivity contribution in [3.05, 3.63) is 35.9 Å². The van der Waals surface area contributed by atoms with Crippen molar-refractivity contribution in [1.82, 2.24) is 4.41 Å². The third-order valence-electron chi connectivity index (χ3n) is 3.12. The Hall–Kier alpha value is -0.590. The zero-order chi connectivity index (χ0) is 17.9. The molecule has 0 saturated carbocycles. The maximum atomic E-state index is 13.4. The van der Waals surface area contributed by atoms with E-state index in [1.165, 1.54) is 11.9 Å². The summed E-state index contributed by atoms with van der Waals surface area (Å²) in [5.41, 5.74) is 1.90. The molecule has 0 unspecified atom stereocenters. The molecule has 1 aliphatic rings. The van der Waals surface area contributed by atoms with Crippen molar-refractivity contribution >= 4 is 47.1 Å². The van der Waals surface area contributed by atoms with Crippen LogP contribution in [0.3, 0.4) is 0 Å². The molecule has 3 nitrogen and oxygen atoms in total. The Kier molecular flexibility index (Phi) is 6.74. The third-order valence-corrected chi connectivity index (χ3v) is 6.91. The van der Waals surface area contributed by atoms with Crippen molar-refractivity contribution in [1.29, 1.82) is 0 Å². The molecule has 1 amide bonds. The van der Waals surface area contributed by atoms with Crippen LogP contribution in [-0.4, -0.2) is 35.9 Å². The quantitative estimate of drug-likeness (QED) is 0.475. The van der Waals surface area contributed by atoms with E-state index in [2.05, 4.69) is 41.5 Å². The molecule has 1 heterocycles. The van der Waals surface area contributed by atoms with Gasteiger partial charge in [0.2, 0.25) is 0 Å². The van der Waals surface area contributed by atoms with Crippen LogP contribution in [0.25, 0.3) is 0 Å². The average Bonchev–Trinajstić information content (AvgIpc) is 2.72. The average molecular weight is 383 g/mol. The molecule has 0 atom stereocenters. The molecule has 0 saturated heterocycles. The fourth-order valence-electron chi connectivity index (χ4n) is 2.45. The molecule has 0 aromatic heterocycles. The second-order valence-electron chi connectivity index (χ2n) is 6.50. The highest BCUT2D eigenvalue weighted by atomic mass is 32.2. The van der Waals surface area contributed by atoms with E-state index >= 15 is 0 Å². The van der Waals surface area contributed by atoms with Crippen molar-refractivity contribution in [3.8, 4) is 0 Å². The number of hydrogen-bond acceptors (Lipinski definition) is 5. The van der Waals surface area contributed by atoms with E-state index in [4.69, 9.17) is 5.10 Å². The molecule has 1 aromatic rings. The Bertz CT molecular complexity index is 590. The molecule has 0 bridgehead atoms. The van der Waals surface area contributed by atoms with Crippen LogP contribution >= 0.6 is 35.5 Å². The molecule has 6 heteroatoms. The van der Waals surface area contributed by atoms with Crippen molar-refractivity contribution in [2.45, 2.75) is 61.4 Å². The number of amides is 1. The second-order valence-corrected chi connectivity index (χ2v) is 11.8. The Balaban J connectivity index is 2.54. The predicted octanol–water partition coefficient (Wildman–Crippen LogP) is 5.27. The van der Waals surface area contributed by atoms with E-state index in [1.54, 1.807) is 27.9 Å². The van der Waals surface area contributed by atoms with Gasteiger partial charge in [-0.3, -0.25) is 4.79 Å². The van der Waals surface area contributed by atoms with Gasteiger partial charge < -0.3 is 0 Å². The van der Waals surface area contributed by atoms with Crippen LogP contribution in [-0.2, 0) is 4.79 Å². The largest absolute Gasteiger partial charge is 0.285 e. The zero-order valence-electron chi connectivity index (χ0n) is 15.1. The summed E-state index contributed by atoms with van der Waals surface area (Å²) in [6, 6.07) is 10.1. The smallest absolute Gasteiger partial charge is 0.269 e. The molecule has 0 spiro atoms. The monoisotopic (exact) mass is 382 g/mol. The van der Waals surface area contributed by atoms with E-state index in [0.29, 0.717) is 15.7 Å². The van der Waals surface area contributed by atoms with Gasteiger partial charge in [-0.1, -0.05) is 71.9 Å². The molecule has 132 valence electrons. The summed E-state index contributed by atoms with van der Waals surface area (Å²) in [7, 11) is 0. The Morgan fingerprint density at radius 1 is 0.917 bits per heavy atom. The molecule has 0 fully saturated rings. The molecule has 2 rings (SSSR count). The Morgan fingerprint density at radius 2 is 1.46 bits per heavy atom. The number of benzene rings is 1. The van der Waals surface area contributed by atoms with Crippen molar-refractivity contribution in [2.24, 2.45) is 5.10 Å². The lowest BCUT2D eigenvalue weighted by Gasteiger charge is -2.31. The topological polar surface area (TPSA) is 32.7 Å². The summed E-state index contributed by atoms with van der Waals surface area (Å²) in [6.45, 7) is 12.7. The van der Waals surface area contributed by atoms with Gasteiger partial charge in [0.15, 0.2) is 4.08 Å². The lowest BCUT2D eigenvalue weighted by molar-refractivity contribution is -0.124. The minimum atomic E-state index is -0.675. The molecule has 0 radical (unpaired) electrons. The van der Waals surface area contributed by atoms with Crippen molar-refractivity contribution in [3.63, 3.8) is 0 Å². The first kappa shape index (κ1) is 19.7. The van der Waals surface area contributed by atoms with Gasteiger partial charge in [0.25, 0.3) is 5.91 Å². The highest BCUT2D eigenvalue weighted by Crippen LogP contribution is 2.50. The lowest BCUT2D eigenvalue weighted by Crippen LogP contribution is -2.42. The third kappa shape index (κ3) is 4.33. The first-order valence-electron chi connectivity index (χ1n) is 8.27. The summed E-state index contributed by atoms with van der Waals surface area (Å²) in [5.74, 6) is 0.0810. The van der Waals surface area contributed by atoms with Gasteiger partial charge in [0.1, 0.15) is 5.71 Å². The van der Waals surface area contributed by atoms with Gasteiger partial charge in [0.05, 0.1) is 0 Å². The highest BCUT2D eigenvalue weighted by Gasteiger charge is 2.54. The van der Waals surface area contributed by atoms with Crippen LogP contribution in [0.15, 0.2) is 35.4 Å². The number of hydrazone groups is 1. The van der Waals surface area contributed by atoms with Gasteiger partial charge in [-0.25, -0.2) is 0 Å². The minimum Gasteiger partial charge on any atom is -0.269 e. The predicted molar refractivity (Wildman–Crippen MR) is 111 cm³/mol. The fourth-order valence-corrected chi connectivity index (χ4v) is 6.94. The van der Waals surface area contributed by atoms with Crippen LogP contribution in [0, 0.1) is 0 Å². The lowest BCUT2D eigenvalue weighted by atomic mass is 10.1. The van der Waals surface area contributed by atoms with Crippen LogP contribution in [0.1, 0.15) is 47.1 Å². The zero-order valence-corrected chi connectivity index (χ0v) is 17.6. The van der Waals surface area contributed by atoms with Gasteiger partial charge in [-0.15, -0.1) is 23.5 Å². The maximum Gasteiger partial charge on any atom is 0.285 e.